The van der Waals surface area contributed by atoms with Gasteiger partial charge in [0.2, 0.25) is 0 Å². The zero-order chi connectivity index (χ0) is 8.15. The van der Waals surface area contributed by atoms with Gasteiger partial charge in [0.15, 0.2) is 0 Å². The van der Waals surface area contributed by atoms with Gasteiger partial charge in [-0.15, -0.1) is 11.8 Å². The van der Waals surface area contributed by atoms with Crippen LogP contribution >= 0.6 is 24.0 Å². The van der Waals surface area contributed by atoms with Crippen LogP contribution in [0, 0.1) is 11.3 Å². The summed E-state index contributed by atoms with van der Waals surface area (Å²) in [5.74, 6) is 0. The molecule has 0 heterocycles. The second-order valence-electron chi connectivity index (χ2n) is 1.42. The first-order valence-electron chi connectivity index (χ1n) is 2.37. The van der Waals surface area contributed by atoms with Crippen LogP contribution in [0.4, 0.5) is 0 Å². The lowest BCUT2D eigenvalue weighted by Crippen LogP contribution is -2.14. The number of rotatable bonds is 2. The number of hydrogen-bond donors (Lipinski definition) is 2. The van der Waals surface area contributed by atoms with Crippen molar-refractivity contribution in [3.05, 3.63) is 10.6 Å². The Labute approximate surface area is 69.1 Å². The van der Waals surface area contributed by atoms with Crippen LogP contribution in [0.1, 0.15) is 0 Å². The van der Waals surface area contributed by atoms with E-state index in [1.54, 1.807) is 6.26 Å². The van der Waals surface area contributed by atoms with Crippen molar-refractivity contribution in [1.82, 2.24) is 0 Å². The highest BCUT2D eigenvalue weighted by molar-refractivity contribution is 8.02. The van der Waals surface area contributed by atoms with Crippen molar-refractivity contribution in [2.75, 3.05) is 6.26 Å². The maximum Gasteiger partial charge on any atom is 0.117 e. The molecule has 0 aromatic heterocycles. The molecule has 0 aliphatic carbocycles. The Balaban J connectivity index is 4.68. The number of nitriles is 1. The summed E-state index contributed by atoms with van der Waals surface area (Å²) in [5.41, 5.74) is 10.8. The van der Waals surface area contributed by atoms with Crippen molar-refractivity contribution in [1.29, 1.82) is 5.26 Å². The summed E-state index contributed by atoms with van der Waals surface area (Å²) < 4.78 is 0. The molecule has 0 saturated carbocycles. The van der Waals surface area contributed by atoms with Crippen LogP contribution in [0.2, 0.25) is 0 Å². The number of hydrogen-bond acceptors (Lipinski definition) is 4. The molecule has 0 fully saturated rings. The highest BCUT2D eigenvalue weighted by Crippen LogP contribution is 2.09. The lowest BCUT2D eigenvalue weighted by molar-refractivity contribution is 1.45. The van der Waals surface area contributed by atoms with Crippen LogP contribution in [0.5, 0.6) is 0 Å². The van der Waals surface area contributed by atoms with Gasteiger partial charge in [0.1, 0.15) is 16.6 Å². The highest BCUT2D eigenvalue weighted by atomic mass is 32.2. The molecular formula is C5H7N3S2. The van der Waals surface area contributed by atoms with Gasteiger partial charge in [0, 0.05) is 0 Å². The summed E-state index contributed by atoms with van der Waals surface area (Å²) in [6.45, 7) is 0. The Bertz CT molecular complexity index is 213. The predicted molar refractivity (Wildman–Crippen MR) is 47.1 cm³/mol. The third kappa shape index (κ3) is 2.25. The fourth-order valence-electron chi connectivity index (χ4n) is 0.334. The molecule has 0 amide bonds. The molecule has 10 heavy (non-hydrogen) atoms. The monoisotopic (exact) mass is 173 g/mol. The second kappa shape index (κ2) is 4.14. The fourth-order valence-corrected chi connectivity index (χ4v) is 0.914. The SMILES string of the molecule is CS/C(N)=C(\C#N)C(N)=S. The average Bonchev–Trinajstić information content (AvgIpc) is 1.88. The number of nitrogens with two attached hydrogens (primary N) is 2. The van der Waals surface area contributed by atoms with Crippen LogP contribution < -0.4 is 11.5 Å². The fraction of sp³-hybridized carbons (Fsp3) is 0.200. The molecule has 0 radical (unpaired) electrons. The van der Waals surface area contributed by atoms with Gasteiger partial charge in [-0.25, -0.2) is 0 Å². The van der Waals surface area contributed by atoms with Gasteiger partial charge in [-0.3, -0.25) is 0 Å². The van der Waals surface area contributed by atoms with Crippen molar-refractivity contribution in [3.8, 4) is 6.07 Å². The van der Waals surface area contributed by atoms with Gasteiger partial charge >= 0.3 is 0 Å². The first-order chi connectivity index (χ1) is 4.63. The topological polar surface area (TPSA) is 75.8 Å². The van der Waals surface area contributed by atoms with E-state index in [1.807, 2.05) is 6.07 Å². The normalized spacial score (nSPS) is 11.6. The Morgan fingerprint density at radius 3 is 2.20 bits per heavy atom. The standard InChI is InChI=1S/C5H7N3S2/c1-10-5(8)3(2-6)4(7)9/h8H2,1H3,(H2,7,9)/b5-3+. The summed E-state index contributed by atoms with van der Waals surface area (Å²) in [7, 11) is 0. The van der Waals surface area contributed by atoms with Crippen molar-refractivity contribution in [2.24, 2.45) is 11.5 Å². The van der Waals surface area contributed by atoms with Gasteiger partial charge in [-0.2, -0.15) is 5.26 Å². The van der Waals surface area contributed by atoms with Crippen LogP contribution in [-0.4, -0.2) is 11.2 Å². The predicted octanol–water partition coefficient (Wildman–Crippen LogP) is 0.329. The van der Waals surface area contributed by atoms with E-state index < -0.39 is 0 Å². The minimum absolute atomic E-state index is 0.0503. The summed E-state index contributed by atoms with van der Waals surface area (Å²) in [4.78, 5) is 0.0503. The zero-order valence-electron chi connectivity index (χ0n) is 5.42. The Morgan fingerprint density at radius 1 is 1.60 bits per heavy atom. The first-order valence-corrected chi connectivity index (χ1v) is 4.00. The van der Waals surface area contributed by atoms with E-state index >= 15 is 0 Å². The minimum Gasteiger partial charge on any atom is -0.392 e. The van der Waals surface area contributed by atoms with Crippen LogP contribution in [0.3, 0.4) is 0 Å². The van der Waals surface area contributed by atoms with Crippen molar-refractivity contribution in [2.45, 2.75) is 0 Å². The molecule has 5 heteroatoms. The molecule has 0 rings (SSSR count). The molecule has 0 aromatic rings. The molecule has 0 aliphatic heterocycles. The smallest absolute Gasteiger partial charge is 0.117 e. The van der Waals surface area contributed by atoms with Crippen molar-refractivity contribution < 1.29 is 0 Å². The van der Waals surface area contributed by atoms with Crippen molar-refractivity contribution in [3.63, 3.8) is 0 Å². The van der Waals surface area contributed by atoms with E-state index in [0.717, 1.165) is 0 Å². The minimum atomic E-state index is 0.0503. The maximum absolute atomic E-state index is 8.43. The van der Waals surface area contributed by atoms with E-state index in [-0.39, 0.29) is 10.6 Å². The lowest BCUT2D eigenvalue weighted by atomic mass is 10.3. The van der Waals surface area contributed by atoms with E-state index in [4.69, 9.17) is 16.7 Å². The van der Waals surface area contributed by atoms with Crippen LogP contribution in [0.25, 0.3) is 0 Å². The molecule has 0 spiro atoms. The Hall–Kier alpha value is -0.730. The molecule has 0 saturated heterocycles. The molecule has 0 atom stereocenters. The maximum atomic E-state index is 8.43. The van der Waals surface area contributed by atoms with E-state index in [2.05, 4.69) is 12.2 Å². The van der Waals surface area contributed by atoms with Crippen molar-refractivity contribution >= 4 is 29.0 Å². The van der Waals surface area contributed by atoms with Gasteiger partial charge in [-0.1, -0.05) is 12.2 Å². The molecule has 0 aliphatic rings. The number of thiocarbonyl (C=S) groups is 1. The van der Waals surface area contributed by atoms with Gasteiger partial charge in [0.05, 0.1) is 5.03 Å². The van der Waals surface area contributed by atoms with E-state index in [1.165, 1.54) is 11.8 Å². The summed E-state index contributed by atoms with van der Waals surface area (Å²) in [5, 5.41) is 8.80. The molecule has 0 unspecified atom stereocenters. The number of thioether (sulfide) groups is 1. The van der Waals surface area contributed by atoms with Gasteiger partial charge < -0.3 is 11.5 Å². The molecule has 4 N–H and O–H groups in total. The third-order valence-electron chi connectivity index (χ3n) is 0.825. The summed E-state index contributed by atoms with van der Waals surface area (Å²) in [6, 6.07) is 1.82. The van der Waals surface area contributed by atoms with Crippen LogP contribution in [0.15, 0.2) is 10.6 Å². The van der Waals surface area contributed by atoms with E-state index in [0.29, 0.717) is 5.03 Å². The average molecular weight is 173 g/mol. The third-order valence-corrected chi connectivity index (χ3v) is 1.67. The largest absolute Gasteiger partial charge is 0.392 e. The van der Waals surface area contributed by atoms with Gasteiger partial charge in [0.25, 0.3) is 0 Å². The quantitative estimate of drug-likeness (QED) is 0.357. The van der Waals surface area contributed by atoms with Gasteiger partial charge in [-0.05, 0) is 6.26 Å². The lowest BCUT2D eigenvalue weighted by Gasteiger charge is -1.97. The summed E-state index contributed by atoms with van der Waals surface area (Å²) >= 11 is 5.82. The molecule has 54 valence electrons. The van der Waals surface area contributed by atoms with Crippen LogP contribution in [-0.2, 0) is 0 Å². The molecule has 0 aromatic carbocycles. The molecular weight excluding hydrogens is 166 g/mol. The zero-order valence-corrected chi connectivity index (χ0v) is 7.05. The Kier molecular flexibility index (Phi) is 3.84. The number of nitrogens with zero attached hydrogens (tertiary/aromatic N) is 1. The first kappa shape index (κ1) is 9.27. The molecule has 0 bridgehead atoms. The highest BCUT2D eigenvalue weighted by Gasteiger charge is 2.03. The second-order valence-corrected chi connectivity index (χ2v) is 2.71. The van der Waals surface area contributed by atoms with E-state index in [9.17, 15) is 0 Å². The Morgan fingerprint density at radius 2 is 2.10 bits per heavy atom. The summed E-state index contributed by atoms with van der Waals surface area (Å²) in [6.07, 6.45) is 1.75. The molecule has 3 nitrogen and oxygen atoms in total.